The van der Waals surface area contributed by atoms with Gasteiger partial charge in [0, 0.05) is 13.1 Å². The molecule has 0 amide bonds. The highest BCUT2D eigenvalue weighted by molar-refractivity contribution is 5.72. The molecule has 1 unspecified atom stereocenters. The number of fused-ring (bicyclic) bond motifs is 1. The number of nitrogens with one attached hydrogen (secondary N) is 1. The second-order valence-electron chi connectivity index (χ2n) is 4.00. The van der Waals surface area contributed by atoms with Crippen molar-refractivity contribution < 1.29 is 9.52 Å². The molecule has 17 heavy (non-hydrogen) atoms. The number of benzene rings is 1. The van der Waals surface area contributed by atoms with E-state index >= 15 is 0 Å². The molecule has 1 atom stereocenters. The Labute approximate surface area is 99.6 Å². The average Bonchev–Trinajstić information content (AvgIpc) is 2.81. The Morgan fingerprint density at radius 2 is 2.35 bits per heavy atom. The summed E-state index contributed by atoms with van der Waals surface area (Å²) in [5.41, 5.74) is 8.18. The van der Waals surface area contributed by atoms with Crippen LogP contribution < -0.4 is 11.1 Å². The quantitative estimate of drug-likeness (QED) is 0.626. The van der Waals surface area contributed by atoms with Crippen molar-refractivity contribution in [1.29, 1.82) is 0 Å². The molecule has 5 heteroatoms. The lowest BCUT2D eigenvalue weighted by Crippen LogP contribution is -2.33. The molecule has 2 aromatic rings. The molecule has 0 radical (unpaired) electrons. The lowest BCUT2D eigenvalue weighted by Gasteiger charge is -2.08. The summed E-state index contributed by atoms with van der Waals surface area (Å²) < 4.78 is 5.23. The van der Waals surface area contributed by atoms with Gasteiger partial charge in [-0.15, -0.1) is 0 Å². The van der Waals surface area contributed by atoms with E-state index in [0.717, 1.165) is 24.1 Å². The van der Waals surface area contributed by atoms with Crippen LogP contribution in [0.3, 0.4) is 0 Å². The predicted octanol–water partition coefficient (Wildman–Crippen LogP) is 0.280. The molecule has 4 N–H and O–H groups in total. The van der Waals surface area contributed by atoms with Crippen molar-refractivity contribution in [2.75, 3.05) is 19.6 Å². The predicted molar refractivity (Wildman–Crippen MR) is 65.6 cm³/mol. The Morgan fingerprint density at radius 3 is 3.18 bits per heavy atom. The van der Waals surface area contributed by atoms with Crippen LogP contribution in [0.4, 0.5) is 0 Å². The summed E-state index contributed by atoms with van der Waals surface area (Å²) in [6.45, 7) is 1.62. The molecule has 1 aromatic carbocycles. The minimum absolute atomic E-state index is 0.289. The molecule has 0 aliphatic carbocycles. The molecule has 0 bridgehead atoms. The van der Waals surface area contributed by atoms with E-state index in [4.69, 9.17) is 10.2 Å². The maximum Gasteiger partial charge on any atom is 0.181 e. The molecular weight excluding hydrogens is 218 g/mol. The van der Waals surface area contributed by atoms with Gasteiger partial charge in [-0.25, -0.2) is 4.98 Å². The number of hydrogen-bond acceptors (Lipinski definition) is 5. The number of nitrogens with two attached hydrogens (primary N) is 1. The number of aliphatic hydroxyl groups is 1. The van der Waals surface area contributed by atoms with E-state index in [1.54, 1.807) is 0 Å². The third-order valence-electron chi connectivity index (χ3n) is 2.64. The summed E-state index contributed by atoms with van der Waals surface area (Å²) in [4.78, 5) is 4.06. The summed E-state index contributed by atoms with van der Waals surface area (Å²) >= 11 is 0. The van der Waals surface area contributed by atoms with Gasteiger partial charge >= 0.3 is 0 Å². The molecule has 0 aliphatic rings. The van der Waals surface area contributed by atoms with E-state index in [9.17, 15) is 5.11 Å². The van der Waals surface area contributed by atoms with Gasteiger partial charge in [-0.1, -0.05) is 6.07 Å². The van der Waals surface area contributed by atoms with E-state index in [1.165, 1.54) is 12.0 Å². The highest BCUT2D eigenvalue weighted by atomic mass is 16.3. The fraction of sp³-hybridized carbons (Fsp3) is 0.417. The van der Waals surface area contributed by atoms with Crippen molar-refractivity contribution >= 4 is 11.1 Å². The Bertz CT molecular complexity index is 469. The van der Waals surface area contributed by atoms with Crippen molar-refractivity contribution in [3.63, 3.8) is 0 Å². The molecular formula is C12H17N3O2. The van der Waals surface area contributed by atoms with E-state index in [1.807, 2.05) is 18.2 Å². The summed E-state index contributed by atoms with van der Waals surface area (Å²) in [5.74, 6) is 0. The fourth-order valence-corrected chi connectivity index (χ4v) is 1.64. The van der Waals surface area contributed by atoms with Gasteiger partial charge in [0.25, 0.3) is 0 Å². The smallest absolute Gasteiger partial charge is 0.181 e. The first-order valence-electron chi connectivity index (χ1n) is 5.70. The minimum atomic E-state index is -0.466. The first-order valence-corrected chi connectivity index (χ1v) is 5.70. The van der Waals surface area contributed by atoms with Crippen LogP contribution in [-0.4, -0.2) is 35.8 Å². The Kier molecular flexibility index (Phi) is 4.08. The fourth-order valence-electron chi connectivity index (χ4n) is 1.64. The van der Waals surface area contributed by atoms with Crippen molar-refractivity contribution in [3.05, 3.63) is 30.2 Å². The molecule has 1 aromatic heterocycles. The van der Waals surface area contributed by atoms with E-state index in [-0.39, 0.29) is 6.54 Å². The molecule has 0 spiro atoms. The SMILES string of the molecule is NCC(O)CNCCc1ccc2ncoc2c1. The number of nitrogens with zero attached hydrogens (tertiary/aromatic N) is 1. The Morgan fingerprint density at radius 1 is 1.47 bits per heavy atom. The first-order chi connectivity index (χ1) is 8.29. The van der Waals surface area contributed by atoms with Crippen LogP contribution in [0.2, 0.25) is 0 Å². The lowest BCUT2D eigenvalue weighted by molar-refractivity contribution is 0.180. The van der Waals surface area contributed by atoms with Gasteiger partial charge in [0.15, 0.2) is 12.0 Å². The maximum absolute atomic E-state index is 9.26. The molecule has 1 heterocycles. The third-order valence-corrected chi connectivity index (χ3v) is 2.64. The molecule has 0 saturated carbocycles. The largest absolute Gasteiger partial charge is 0.443 e. The van der Waals surface area contributed by atoms with Gasteiger partial charge in [-0.05, 0) is 30.7 Å². The number of aliphatic hydroxyl groups excluding tert-OH is 1. The van der Waals surface area contributed by atoms with Gasteiger partial charge in [0.1, 0.15) is 5.52 Å². The number of hydrogen-bond donors (Lipinski definition) is 3. The minimum Gasteiger partial charge on any atom is -0.443 e. The van der Waals surface area contributed by atoms with Crippen LogP contribution in [0, 0.1) is 0 Å². The normalized spacial score (nSPS) is 13.1. The van der Waals surface area contributed by atoms with Crippen LogP contribution in [-0.2, 0) is 6.42 Å². The van der Waals surface area contributed by atoms with Crippen LogP contribution in [0.1, 0.15) is 5.56 Å². The van der Waals surface area contributed by atoms with Gasteiger partial charge in [-0.2, -0.15) is 0 Å². The van der Waals surface area contributed by atoms with Crippen LogP contribution in [0.25, 0.3) is 11.1 Å². The lowest BCUT2D eigenvalue weighted by atomic mass is 10.1. The van der Waals surface area contributed by atoms with Gasteiger partial charge in [0.05, 0.1) is 6.10 Å². The standard InChI is InChI=1S/C12H17N3O2/c13-6-10(16)7-14-4-3-9-1-2-11-12(5-9)17-8-15-11/h1-2,5,8,10,14,16H,3-4,6-7,13H2. The maximum atomic E-state index is 9.26. The monoisotopic (exact) mass is 235 g/mol. The Hall–Kier alpha value is -1.43. The van der Waals surface area contributed by atoms with Crippen LogP contribution in [0.5, 0.6) is 0 Å². The molecule has 0 fully saturated rings. The van der Waals surface area contributed by atoms with Crippen molar-refractivity contribution in [3.8, 4) is 0 Å². The molecule has 5 nitrogen and oxygen atoms in total. The Balaban J connectivity index is 1.82. The summed E-state index contributed by atoms with van der Waals surface area (Å²) in [6, 6.07) is 5.97. The number of rotatable bonds is 6. The van der Waals surface area contributed by atoms with Gasteiger partial charge < -0.3 is 20.6 Å². The van der Waals surface area contributed by atoms with E-state index in [2.05, 4.69) is 10.3 Å². The van der Waals surface area contributed by atoms with E-state index < -0.39 is 6.10 Å². The zero-order valence-corrected chi connectivity index (χ0v) is 9.60. The second kappa shape index (κ2) is 5.77. The van der Waals surface area contributed by atoms with Crippen molar-refractivity contribution in [2.24, 2.45) is 5.73 Å². The zero-order chi connectivity index (χ0) is 12.1. The molecule has 0 aliphatic heterocycles. The highest BCUT2D eigenvalue weighted by Crippen LogP contribution is 2.14. The number of aromatic nitrogens is 1. The summed E-state index contributed by atoms with van der Waals surface area (Å²) in [6.07, 6.45) is 1.87. The molecule has 0 saturated heterocycles. The number of oxazole rings is 1. The summed E-state index contributed by atoms with van der Waals surface area (Å²) in [7, 11) is 0. The van der Waals surface area contributed by atoms with Crippen LogP contribution in [0.15, 0.2) is 29.0 Å². The van der Waals surface area contributed by atoms with E-state index in [0.29, 0.717) is 6.54 Å². The molecule has 2 rings (SSSR count). The third kappa shape index (κ3) is 3.26. The zero-order valence-electron chi connectivity index (χ0n) is 9.60. The first kappa shape index (κ1) is 12.0. The topological polar surface area (TPSA) is 84.3 Å². The molecule has 92 valence electrons. The summed E-state index contributed by atoms with van der Waals surface area (Å²) in [5, 5.41) is 12.4. The average molecular weight is 235 g/mol. The van der Waals surface area contributed by atoms with Gasteiger partial charge in [0.2, 0.25) is 0 Å². The van der Waals surface area contributed by atoms with Crippen molar-refractivity contribution in [2.45, 2.75) is 12.5 Å². The van der Waals surface area contributed by atoms with Crippen LogP contribution >= 0.6 is 0 Å². The second-order valence-corrected chi connectivity index (χ2v) is 4.00. The van der Waals surface area contributed by atoms with Crippen molar-refractivity contribution in [1.82, 2.24) is 10.3 Å². The van der Waals surface area contributed by atoms with Gasteiger partial charge in [-0.3, -0.25) is 0 Å². The highest BCUT2D eigenvalue weighted by Gasteiger charge is 2.02.